The third kappa shape index (κ3) is 2.70. The average molecular weight is 271 g/mol. The van der Waals surface area contributed by atoms with Gasteiger partial charge in [0.25, 0.3) is 5.69 Å². The van der Waals surface area contributed by atoms with E-state index < -0.39 is 4.92 Å². The summed E-state index contributed by atoms with van der Waals surface area (Å²) in [7, 11) is 0. The van der Waals surface area contributed by atoms with Gasteiger partial charge < -0.3 is 10.6 Å². The third-order valence-corrected chi connectivity index (χ3v) is 2.92. The van der Waals surface area contributed by atoms with Crippen LogP contribution in [0, 0.1) is 15.5 Å². The molecule has 18 heavy (non-hydrogen) atoms. The first-order valence-electron chi connectivity index (χ1n) is 5.47. The molecule has 1 aromatic rings. The number of anilines is 1. The van der Waals surface area contributed by atoms with Crippen LogP contribution in [-0.4, -0.2) is 28.7 Å². The summed E-state index contributed by atoms with van der Waals surface area (Å²) in [4.78, 5) is 12.2. The van der Waals surface area contributed by atoms with Gasteiger partial charge in [-0.15, -0.1) is 12.4 Å². The van der Waals surface area contributed by atoms with Gasteiger partial charge >= 0.3 is 0 Å². The van der Waals surface area contributed by atoms with Gasteiger partial charge in [0.1, 0.15) is 11.5 Å². The number of nitrogens with two attached hydrogens (primary N) is 1. The molecular formula is C11H15ClN4O2. The number of nitrogen functional groups attached to an aromatic ring is 1. The molecule has 0 unspecified atom stereocenters. The Morgan fingerprint density at radius 2 is 2.00 bits per heavy atom. The fraction of sp³-hybridized carbons (Fsp3) is 0.364. The number of halogens is 1. The van der Waals surface area contributed by atoms with Gasteiger partial charge in [-0.1, -0.05) is 0 Å². The number of hydrogen-bond donors (Lipinski definition) is 2. The zero-order chi connectivity index (χ0) is 12.4. The lowest BCUT2D eigenvalue weighted by Crippen LogP contribution is -2.27. The van der Waals surface area contributed by atoms with Crippen molar-refractivity contribution in [2.45, 2.75) is 12.8 Å². The first-order valence-corrected chi connectivity index (χ1v) is 5.47. The van der Waals surface area contributed by atoms with Gasteiger partial charge in [-0.2, -0.15) is 0 Å². The van der Waals surface area contributed by atoms with Crippen molar-refractivity contribution in [2.75, 3.05) is 18.8 Å². The highest BCUT2D eigenvalue weighted by atomic mass is 35.5. The van der Waals surface area contributed by atoms with E-state index in [-0.39, 0.29) is 23.8 Å². The molecule has 1 saturated heterocycles. The lowest BCUT2D eigenvalue weighted by molar-refractivity contribution is -0.383. The number of amidine groups is 1. The van der Waals surface area contributed by atoms with Crippen molar-refractivity contribution in [3.05, 3.63) is 33.9 Å². The molecule has 0 radical (unpaired) electrons. The van der Waals surface area contributed by atoms with Crippen LogP contribution in [0.2, 0.25) is 0 Å². The first kappa shape index (κ1) is 14.2. The smallest absolute Gasteiger partial charge is 0.292 e. The summed E-state index contributed by atoms with van der Waals surface area (Å²) >= 11 is 0. The van der Waals surface area contributed by atoms with Crippen molar-refractivity contribution in [1.29, 1.82) is 5.41 Å². The highest BCUT2D eigenvalue weighted by molar-refractivity contribution is 5.97. The second-order valence-corrected chi connectivity index (χ2v) is 4.07. The fourth-order valence-electron chi connectivity index (χ4n) is 1.97. The van der Waals surface area contributed by atoms with Crippen LogP contribution in [0.1, 0.15) is 18.4 Å². The Morgan fingerprint density at radius 1 is 1.39 bits per heavy atom. The average Bonchev–Trinajstić information content (AvgIpc) is 2.81. The molecule has 1 aliphatic heterocycles. The molecule has 0 amide bonds. The lowest BCUT2D eigenvalue weighted by atomic mass is 10.1. The number of likely N-dealkylation sites (tertiary alicyclic amines) is 1. The number of nitrogens with zero attached hydrogens (tertiary/aromatic N) is 2. The fourth-order valence-corrected chi connectivity index (χ4v) is 1.97. The highest BCUT2D eigenvalue weighted by Gasteiger charge is 2.19. The van der Waals surface area contributed by atoms with Crippen LogP contribution in [0.3, 0.4) is 0 Å². The molecule has 0 spiro atoms. The number of nitro benzene ring substituents is 1. The monoisotopic (exact) mass is 270 g/mol. The second-order valence-electron chi connectivity index (χ2n) is 4.07. The number of nitro groups is 1. The molecule has 1 heterocycles. The summed E-state index contributed by atoms with van der Waals surface area (Å²) in [5, 5.41) is 18.8. The summed E-state index contributed by atoms with van der Waals surface area (Å²) in [6.07, 6.45) is 2.14. The summed E-state index contributed by atoms with van der Waals surface area (Å²) < 4.78 is 0. The maximum Gasteiger partial charge on any atom is 0.292 e. The Balaban J connectivity index is 0.00000162. The van der Waals surface area contributed by atoms with E-state index in [9.17, 15) is 10.1 Å². The van der Waals surface area contributed by atoms with E-state index in [1.165, 1.54) is 12.1 Å². The van der Waals surface area contributed by atoms with Gasteiger partial charge in [-0.25, -0.2) is 0 Å². The molecule has 0 saturated carbocycles. The number of rotatable bonds is 2. The van der Waals surface area contributed by atoms with E-state index in [2.05, 4.69) is 0 Å². The van der Waals surface area contributed by atoms with Crippen molar-refractivity contribution >= 4 is 29.6 Å². The SMILES string of the molecule is Cl.N=C(c1ccc(N)c([N+](=O)[O-])c1)N1CCCC1. The Morgan fingerprint density at radius 3 is 2.56 bits per heavy atom. The number of hydrogen-bond acceptors (Lipinski definition) is 4. The Hall–Kier alpha value is -1.82. The van der Waals surface area contributed by atoms with Crippen molar-refractivity contribution in [1.82, 2.24) is 4.90 Å². The van der Waals surface area contributed by atoms with E-state index >= 15 is 0 Å². The first-order chi connectivity index (χ1) is 8.09. The topological polar surface area (TPSA) is 96.2 Å². The molecular weight excluding hydrogens is 256 g/mol. The molecule has 0 bridgehead atoms. The molecule has 3 N–H and O–H groups in total. The van der Waals surface area contributed by atoms with E-state index in [0.717, 1.165) is 25.9 Å². The van der Waals surface area contributed by atoms with E-state index in [0.29, 0.717) is 11.4 Å². The van der Waals surface area contributed by atoms with Crippen molar-refractivity contribution in [3.8, 4) is 0 Å². The highest BCUT2D eigenvalue weighted by Crippen LogP contribution is 2.23. The standard InChI is InChI=1S/C11H14N4O2.ClH/c12-9-4-3-8(7-10(9)15(16)17)11(13)14-5-1-2-6-14;/h3-4,7,13H,1-2,5-6,12H2;1H. The summed E-state index contributed by atoms with van der Waals surface area (Å²) in [6, 6.07) is 4.51. The maximum atomic E-state index is 10.8. The molecule has 1 fully saturated rings. The quantitative estimate of drug-likeness (QED) is 0.282. The summed E-state index contributed by atoms with van der Waals surface area (Å²) in [5.74, 6) is 0.339. The van der Waals surface area contributed by atoms with Crippen LogP contribution in [0.5, 0.6) is 0 Å². The van der Waals surface area contributed by atoms with Gasteiger partial charge in [-0.05, 0) is 25.0 Å². The molecule has 98 valence electrons. The Kier molecular flexibility index (Phi) is 4.49. The number of benzene rings is 1. The zero-order valence-corrected chi connectivity index (χ0v) is 10.6. The minimum Gasteiger partial charge on any atom is -0.393 e. The molecule has 1 aromatic carbocycles. The molecule has 1 aliphatic rings. The summed E-state index contributed by atoms with van der Waals surface area (Å²) in [6.45, 7) is 1.69. The van der Waals surface area contributed by atoms with Crippen molar-refractivity contribution < 1.29 is 4.92 Å². The van der Waals surface area contributed by atoms with Crippen LogP contribution in [0.4, 0.5) is 11.4 Å². The van der Waals surface area contributed by atoms with E-state index in [1.54, 1.807) is 6.07 Å². The Labute approximate surface area is 111 Å². The van der Waals surface area contributed by atoms with Crippen molar-refractivity contribution in [2.24, 2.45) is 0 Å². The molecule has 0 aliphatic carbocycles. The maximum absolute atomic E-state index is 10.8. The largest absolute Gasteiger partial charge is 0.393 e. The zero-order valence-electron chi connectivity index (χ0n) is 9.76. The van der Waals surface area contributed by atoms with Crippen LogP contribution in [0.25, 0.3) is 0 Å². The Bertz CT molecular complexity index is 472. The van der Waals surface area contributed by atoms with Crippen LogP contribution < -0.4 is 5.73 Å². The summed E-state index contributed by atoms with van der Waals surface area (Å²) in [5.41, 5.74) is 6.07. The third-order valence-electron chi connectivity index (χ3n) is 2.92. The molecule has 7 heteroatoms. The molecule has 0 atom stereocenters. The minimum atomic E-state index is -0.518. The normalized spacial score (nSPS) is 14.1. The second kappa shape index (κ2) is 5.68. The predicted octanol–water partition coefficient (Wildman–Crippen LogP) is 2.02. The molecule has 6 nitrogen and oxygen atoms in total. The van der Waals surface area contributed by atoms with Gasteiger partial charge in [0.15, 0.2) is 0 Å². The van der Waals surface area contributed by atoms with E-state index in [4.69, 9.17) is 11.1 Å². The van der Waals surface area contributed by atoms with Gasteiger partial charge in [-0.3, -0.25) is 15.5 Å². The van der Waals surface area contributed by atoms with Crippen LogP contribution >= 0.6 is 12.4 Å². The minimum absolute atomic E-state index is 0. The van der Waals surface area contributed by atoms with Gasteiger partial charge in [0.2, 0.25) is 0 Å². The lowest BCUT2D eigenvalue weighted by Gasteiger charge is -2.18. The van der Waals surface area contributed by atoms with Crippen molar-refractivity contribution in [3.63, 3.8) is 0 Å². The van der Waals surface area contributed by atoms with Gasteiger partial charge in [0.05, 0.1) is 4.92 Å². The predicted molar refractivity (Wildman–Crippen MR) is 72.4 cm³/mol. The van der Waals surface area contributed by atoms with Crippen LogP contribution in [0.15, 0.2) is 18.2 Å². The molecule has 2 rings (SSSR count). The molecule has 0 aromatic heterocycles. The van der Waals surface area contributed by atoms with Crippen LogP contribution in [-0.2, 0) is 0 Å². The number of nitrogens with one attached hydrogen (secondary N) is 1. The van der Waals surface area contributed by atoms with E-state index in [1.807, 2.05) is 4.90 Å². The van der Waals surface area contributed by atoms with Gasteiger partial charge in [0, 0.05) is 24.7 Å².